The Labute approximate surface area is 90.9 Å². The molecule has 0 aliphatic heterocycles. The molecule has 0 fully saturated rings. The molecule has 1 aromatic rings. The van der Waals surface area contributed by atoms with Gasteiger partial charge in [-0.3, -0.25) is 17.2 Å². The fraction of sp³-hybridized carbons (Fsp3) is 0.200. The van der Waals surface area contributed by atoms with E-state index >= 15 is 0 Å². The van der Waals surface area contributed by atoms with Gasteiger partial charge < -0.3 is 0 Å². The molecule has 1 heterocycles. The van der Waals surface area contributed by atoms with Gasteiger partial charge in [0.15, 0.2) is 0 Å². The molecule has 88 valence electrons. The summed E-state index contributed by atoms with van der Waals surface area (Å²) < 4.78 is 36.4. The van der Waals surface area contributed by atoms with Crippen molar-refractivity contribution in [3.8, 4) is 0 Å². The van der Waals surface area contributed by atoms with Crippen molar-refractivity contribution in [3.05, 3.63) is 5.01 Å². The zero-order chi connectivity index (χ0) is 12.3. The van der Waals surface area contributed by atoms with E-state index in [1.807, 2.05) is 0 Å². The van der Waals surface area contributed by atoms with E-state index in [9.17, 15) is 13.2 Å². The van der Waals surface area contributed by atoms with Crippen LogP contribution in [0.3, 0.4) is 0 Å². The van der Waals surface area contributed by atoms with Crippen LogP contribution in [0.2, 0.25) is 0 Å². The van der Waals surface area contributed by atoms with Gasteiger partial charge in [0.25, 0.3) is 5.13 Å². The van der Waals surface area contributed by atoms with Crippen molar-refractivity contribution in [2.75, 3.05) is 0 Å². The minimum Gasteiger partial charge on any atom is -0.275 e. The van der Waals surface area contributed by atoms with E-state index in [1.54, 1.807) is 0 Å². The van der Waals surface area contributed by atoms with Crippen molar-refractivity contribution < 1.29 is 23.2 Å². The molecule has 11 heteroatoms. The predicted octanol–water partition coefficient (Wildman–Crippen LogP) is -4.06. The molecule has 0 saturated heterocycles. The average Bonchev–Trinajstić information content (AvgIpc) is 2.49. The number of hydrogen-bond donors (Lipinski definition) is 5. The van der Waals surface area contributed by atoms with Crippen LogP contribution in [0.25, 0.3) is 0 Å². The first-order valence-corrected chi connectivity index (χ1v) is 4.55. The highest BCUT2D eigenvalue weighted by atomic mass is 32.1. The molecule has 0 unspecified atom stereocenters. The van der Waals surface area contributed by atoms with Crippen LogP contribution >= 0.6 is 11.3 Å². The van der Waals surface area contributed by atoms with Gasteiger partial charge in [0.1, 0.15) is 0 Å². The first-order chi connectivity index (χ1) is 7.29. The largest absolute Gasteiger partial charge is 0.445 e. The molecular weight excluding hydrogens is 247 g/mol. The number of hydrogen-bond acceptors (Lipinski definition) is 3. The molecule has 0 aliphatic carbocycles. The molecule has 0 amide bonds. The Morgan fingerprint density at radius 2 is 1.81 bits per heavy atom. The second-order valence-electron chi connectivity index (χ2n) is 2.53. The van der Waals surface area contributed by atoms with Crippen LogP contribution in [0.5, 0.6) is 0 Å². The van der Waals surface area contributed by atoms with E-state index in [-0.39, 0.29) is 17.1 Å². The molecule has 0 spiro atoms. The molecule has 1 aromatic heterocycles. The number of nitrogens with two attached hydrogens (primary N) is 3. The van der Waals surface area contributed by atoms with Crippen molar-refractivity contribution in [2.24, 2.45) is 17.2 Å². The fourth-order valence-electron chi connectivity index (χ4n) is 0.690. The van der Waals surface area contributed by atoms with Crippen molar-refractivity contribution in [1.82, 2.24) is 10.2 Å². The van der Waals surface area contributed by atoms with Crippen molar-refractivity contribution in [2.45, 2.75) is 6.18 Å². The topological polar surface area (TPSA) is 132 Å². The number of aromatic nitrogens is 2. The van der Waals surface area contributed by atoms with Gasteiger partial charge in [-0.1, -0.05) is 11.3 Å². The lowest BCUT2D eigenvalue weighted by Crippen LogP contribution is -2.96. The third-order valence-corrected chi connectivity index (χ3v) is 2.07. The Hall–Kier alpha value is -1.91. The quantitative estimate of drug-likeness (QED) is 0.257. The minimum atomic E-state index is -4.53. The summed E-state index contributed by atoms with van der Waals surface area (Å²) in [5, 5.41) is 4.97. The zero-order valence-corrected chi connectivity index (χ0v) is 8.49. The number of halogens is 3. The van der Waals surface area contributed by atoms with Crippen molar-refractivity contribution >= 4 is 28.4 Å². The highest BCUT2D eigenvalue weighted by Crippen LogP contribution is 2.31. The number of rotatable bonds is 1. The van der Waals surface area contributed by atoms with Crippen LogP contribution in [-0.4, -0.2) is 22.1 Å². The maximum atomic E-state index is 12.1. The summed E-state index contributed by atoms with van der Waals surface area (Å²) in [6, 6.07) is 0. The summed E-state index contributed by atoms with van der Waals surface area (Å²) >= 11 is 0.305. The standard InChI is InChI=1S/C5H6F3N7S/c6-5(7,8)1-14-15-4(16-1)13-3(11)12-2(9)10/h(H6,9,10,11,12,13,15)/p+2. The third-order valence-electron chi connectivity index (χ3n) is 1.19. The van der Waals surface area contributed by atoms with Crippen LogP contribution < -0.4 is 27.2 Å². The Kier molecular flexibility index (Phi) is 3.27. The lowest BCUT2D eigenvalue weighted by Gasteiger charge is -1.96. The van der Waals surface area contributed by atoms with Crippen molar-refractivity contribution in [1.29, 1.82) is 0 Å². The van der Waals surface area contributed by atoms with Gasteiger partial charge in [0, 0.05) is 0 Å². The SMILES string of the molecule is NC(N)=[NH+]C(N)=[NH+]c1nnc(C(F)(F)F)s1. The van der Waals surface area contributed by atoms with Crippen LogP contribution in [0.1, 0.15) is 5.01 Å². The maximum Gasteiger partial charge on any atom is 0.445 e. The number of nitrogens with one attached hydrogen (secondary N) is 2. The second-order valence-corrected chi connectivity index (χ2v) is 3.51. The first-order valence-electron chi connectivity index (χ1n) is 3.74. The van der Waals surface area contributed by atoms with Crippen LogP contribution in [-0.2, 0) is 6.18 Å². The lowest BCUT2D eigenvalue weighted by molar-refractivity contribution is -0.459. The fourth-order valence-corrected chi connectivity index (χ4v) is 1.31. The molecule has 8 N–H and O–H groups in total. The average molecular weight is 255 g/mol. The van der Waals surface area contributed by atoms with Gasteiger partial charge in [-0.25, -0.2) is 4.99 Å². The van der Waals surface area contributed by atoms with E-state index in [4.69, 9.17) is 17.2 Å². The van der Waals surface area contributed by atoms with Gasteiger partial charge in [0.2, 0.25) is 5.01 Å². The maximum absolute atomic E-state index is 12.1. The lowest BCUT2D eigenvalue weighted by atomic mass is 10.7. The molecule has 0 bridgehead atoms. The van der Waals surface area contributed by atoms with Crippen LogP contribution in [0.4, 0.5) is 18.3 Å². The molecular formula is C5H8F3N7S+2. The molecule has 0 radical (unpaired) electrons. The summed E-state index contributed by atoms with van der Waals surface area (Å²) in [4.78, 5) is 4.57. The molecule has 0 saturated carbocycles. The Balaban J connectivity index is 2.92. The summed E-state index contributed by atoms with van der Waals surface area (Å²) in [6.45, 7) is 0. The molecule has 0 aromatic carbocycles. The normalized spacial score (nSPS) is 12.6. The molecule has 16 heavy (non-hydrogen) atoms. The number of guanidine groups is 2. The number of nitrogens with zero attached hydrogens (tertiary/aromatic N) is 2. The van der Waals surface area contributed by atoms with E-state index in [0.717, 1.165) is 0 Å². The zero-order valence-electron chi connectivity index (χ0n) is 7.67. The summed E-state index contributed by atoms with van der Waals surface area (Å²) in [6.07, 6.45) is -4.53. The monoisotopic (exact) mass is 255 g/mol. The third kappa shape index (κ3) is 3.34. The van der Waals surface area contributed by atoms with Gasteiger partial charge in [-0.2, -0.15) is 18.2 Å². The molecule has 7 nitrogen and oxygen atoms in total. The van der Waals surface area contributed by atoms with E-state index in [0.29, 0.717) is 11.3 Å². The van der Waals surface area contributed by atoms with Gasteiger partial charge in [0.05, 0.1) is 0 Å². The molecule has 0 aliphatic rings. The smallest absolute Gasteiger partial charge is 0.275 e. The number of alkyl halides is 3. The van der Waals surface area contributed by atoms with Gasteiger partial charge >= 0.3 is 18.1 Å². The summed E-state index contributed by atoms with van der Waals surface area (Å²) in [7, 11) is 0. The summed E-state index contributed by atoms with van der Waals surface area (Å²) in [5.74, 6) is -0.351. The van der Waals surface area contributed by atoms with Crippen molar-refractivity contribution in [3.63, 3.8) is 0 Å². The first kappa shape index (κ1) is 12.2. The van der Waals surface area contributed by atoms with E-state index < -0.39 is 11.2 Å². The Morgan fingerprint density at radius 1 is 1.19 bits per heavy atom. The predicted molar refractivity (Wildman–Crippen MR) is 49.1 cm³/mol. The highest BCUT2D eigenvalue weighted by Gasteiger charge is 2.36. The van der Waals surface area contributed by atoms with Gasteiger partial charge in [-0.15, -0.1) is 10.2 Å². The van der Waals surface area contributed by atoms with E-state index in [2.05, 4.69) is 20.2 Å². The van der Waals surface area contributed by atoms with Gasteiger partial charge in [-0.05, 0) is 0 Å². The minimum absolute atomic E-state index is 0.126. The Morgan fingerprint density at radius 3 is 2.25 bits per heavy atom. The molecule has 1 rings (SSSR count). The van der Waals surface area contributed by atoms with E-state index in [1.165, 1.54) is 0 Å². The Bertz CT molecular complexity index is 429. The molecule has 0 atom stereocenters. The summed E-state index contributed by atoms with van der Waals surface area (Å²) in [5.41, 5.74) is 15.4. The highest BCUT2D eigenvalue weighted by molar-refractivity contribution is 7.14. The van der Waals surface area contributed by atoms with Crippen LogP contribution in [0, 0.1) is 0 Å². The second kappa shape index (κ2) is 4.30. The van der Waals surface area contributed by atoms with Crippen LogP contribution in [0.15, 0.2) is 0 Å².